The minimum Gasteiger partial charge on any atom is -0.477 e. The summed E-state index contributed by atoms with van der Waals surface area (Å²) >= 11 is 4.03. The lowest BCUT2D eigenvalue weighted by molar-refractivity contribution is -0.434. The number of thiol groups is 1. The zero-order chi connectivity index (χ0) is 33.9. The van der Waals surface area contributed by atoms with Gasteiger partial charge in [-0.1, -0.05) is 0 Å². The Morgan fingerprint density at radius 3 is 2.36 bits per heavy atom. The molecule has 1 amide bonds. The van der Waals surface area contributed by atoms with Gasteiger partial charge in [-0.25, -0.2) is 4.79 Å². The molecule has 20 nitrogen and oxygen atoms in total. The number of aliphatic carboxylic acids is 1. The van der Waals surface area contributed by atoms with Gasteiger partial charge in [-0.15, -0.1) is 0 Å². The molecule has 0 bridgehead atoms. The van der Waals surface area contributed by atoms with E-state index in [0.717, 1.165) is 6.92 Å². The van der Waals surface area contributed by atoms with E-state index in [1.54, 1.807) is 0 Å². The van der Waals surface area contributed by atoms with Crippen molar-refractivity contribution in [1.82, 2.24) is 5.32 Å². The predicted molar refractivity (Wildman–Crippen MR) is 145 cm³/mol. The van der Waals surface area contributed by atoms with Crippen LogP contribution in [0.2, 0.25) is 0 Å². The van der Waals surface area contributed by atoms with Gasteiger partial charge in [0.05, 0.1) is 32.0 Å². The van der Waals surface area contributed by atoms with E-state index in [2.05, 4.69) is 17.9 Å². The Hall–Kier alpha value is -1.35. The third-order valence-electron chi connectivity index (χ3n) is 7.62. The minimum atomic E-state index is -3.09. The van der Waals surface area contributed by atoms with Gasteiger partial charge in [-0.2, -0.15) is 12.6 Å². The van der Waals surface area contributed by atoms with E-state index < -0.39 is 129 Å². The van der Waals surface area contributed by atoms with E-state index >= 15 is 0 Å². The highest BCUT2D eigenvalue weighted by molar-refractivity contribution is 7.80. The first-order chi connectivity index (χ1) is 21.0. The second-order valence-electron chi connectivity index (χ2n) is 10.9. The van der Waals surface area contributed by atoms with Crippen LogP contribution in [0.15, 0.2) is 0 Å². The highest BCUT2D eigenvalue weighted by Gasteiger charge is 2.62. The fraction of sp³-hybridized carbons (Fsp3) is 0.917. The summed E-state index contributed by atoms with van der Waals surface area (Å²) < 4.78 is 32.7. The Bertz CT molecular complexity index is 1000. The molecule has 262 valence electrons. The second-order valence-corrected chi connectivity index (χ2v) is 11.4. The number of aliphatic hydroxyl groups is 9. The van der Waals surface area contributed by atoms with Crippen molar-refractivity contribution in [2.45, 2.75) is 105 Å². The van der Waals surface area contributed by atoms with Crippen LogP contribution in [0.5, 0.6) is 0 Å². The number of hydrogen-bond acceptors (Lipinski definition) is 19. The SMILES string of the molecule is CC(=O)NC1C(OCCS)OC(CO)C(OC2OCC(O)(OC3(C(=O)O)CC(O)C(N)C(C(O)C(O)CO)O3)C(O)C2O)C1O. The summed E-state index contributed by atoms with van der Waals surface area (Å²) in [5.41, 5.74) is 5.81. The van der Waals surface area contributed by atoms with Crippen LogP contribution < -0.4 is 11.1 Å². The number of hydrogen-bond donors (Lipinski definition) is 13. The zero-order valence-electron chi connectivity index (χ0n) is 24.0. The van der Waals surface area contributed by atoms with Gasteiger partial charge in [0.1, 0.15) is 61.5 Å². The summed E-state index contributed by atoms with van der Waals surface area (Å²) in [6.45, 7) is -1.68. The molecule has 21 heteroatoms. The molecule has 0 spiro atoms. The number of rotatable bonds is 13. The fourth-order valence-corrected chi connectivity index (χ4v) is 5.34. The summed E-state index contributed by atoms with van der Waals surface area (Å²) in [6.07, 6.45) is -20.9. The monoisotopic (exact) mass is 678 g/mol. The minimum absolute atomic E-state index is 0.0434. The highest BCUT2D eigenvalue weighted by atomic mass is 32.1. The quantitative estimate of drug-likeness (QED) is 0.0635. The molecular formula is C24H42N2O18S. The molecule has 3 saturated heterocycles. The van der Waals surface area contributed by atoms with Gasteiger partial charge in [0, 0.05) is 19.1 Å². The molecule has 3 rings (SSSR count). The molecule has 0 aromatic heterocycles. The van der Waals surface area contributed by atoms with Gasteiger partial charge >= 0.3 is 5.97 Å². The molecular weight excluding hydrogens is 636 g/mol. The third-order valence-corrected chi connectivity index (χ3v) is 7.80. The van der Waals surface area contributed by atoms with Gasteiger partial charge in [0.2, 0.25) is 11.7 Å². The molecule has 3 fully saturated rings. The van der Waals surface area contributed by atoms with Gasteiger partial charge in [-0.3, -0.25) is 4.79 Å². The van der Waals surface area contributed by atoms with Crippen molar-refractivity contribution in [2.24, 2.45) is 5.73 Å². The van der Waals surface area contributed by atoms with Crippen molar-refractivity contribution in [3.05, 3.63) is 0 Å². The molecule has 15 unspecified atom stereocenters. The maximum atomic E-state index is 12.3. The number of ether oxygens (including phenoxy) is 6. The largest absolute Gasteiger partial charge is 0.477 e. The van der Waals surface area contributed by atoms with E-state index in [-0.39, 0.29) is 12.4 Å². The molecule has 13 N–H and O–H groups in total. The fourth-order valence-electron chi connectivity index (χ4n) is 5.23. The summed E-state index contributed by atoms with van der Waals surface area (Å²) in [6, 6.07) is -2.75. The van der Waals surface area contributed by atoms with E-state index in [4.69, 9.17) is 34.2 Å². The Morgan fingerprint density at radius 1 is 1.13 bits per heavy atom. The van der Waals surface area contributed by atoms with Gasteiger partial charge in [-0.05, 0) is 0 Å². The molecule has 0 aliphatic carbocycles. The molecule has 3 heterocycles. The summed E-state index contributed by atoms with van der Waals surface area (Å²) in [7, 11) is 0. The van der Waals surface area contributed by atoms with Gasteiger partial charge < -0.3 is 90.5 Å². The lowest BCUT2D eigenvalue weighted by Gasteiger charge is -2.51. The maximum absolute atomic E-state index is 12.3. The van der Waals surface area contributed by atoms with Crippen LogP contribution in [0.1, 0.15) is 13.3 Å². The second kappa shape index (κ2) is 15.7. The zero-order valence-corrected chi connectivity index (χ0v) is 24.9. The molecule has 0 radical (unpaired) electrons. The number of nitrogens with two attached hydrogens (primary N) is 1. The van der Waals surface area contributed by atoms with Crippen molar-refractivity contribution >= 4 is 24.5 Å². The summed E-state index contributed by atoms with van der Waals surface area (Å²) in [5.74, 6) is -8.45. The van der Waals surface area contributed by atoms with Crippen LogP contribution in [0.25, 0.3) is 0 Å². The Balaban J connectivity index is 1.81. The molecule has 3 aliphatic rings. The number of carbonyl (C=O) groups is 2. The Morgan fingerprint density at radius 2 is 1.80 bits per heavy atom. The van der Waals surface area contributed by atoms with E-state index in [1.165, 1.54) is 0 Å². The lowest BCUT2D eigenvalue weighted by Crippen LogP contribution is -2.72. The number of carboxylic acid groups (broad SMARTS) is 1. The molecule has 0 aromatic rings. The smallest absolute Gasteiger partial charge is 0.364 e. The molecule has 15 atom stereocenters. The highest BCUT2D eigenvalue weighted by Crippen LogP contribution is 2.39. The molecule has 0 aromatic carbocycles. The summed E-state index contributed by atoms with van der Waals surface area (Å²) in [5, 5.41) is 106. The number of carbonyl (C=O) groups excluding carboxylic acids is 1. The molecule has 0 saturated carbocycles. The van der Waals surface area contributed by atoms with Crippen LogP contribution in [0.4, 0.5) is 0 Å². The average molecular weight is 679 g/mol. The number of amides is 1. The number of nitrogens with one attached hydrogen (secondary N) is 1. The van der Waals surface area contributed by atoms with Crippen LogP contribution in [-0.4, -0.2) is 186 Å². The van der Waals surface area contributed by atoms with Crippen molar-refractivity contribution in [3.63, 3.8) is 0 Å². The first kappa shape index (κ1) is 38.1. The third kappa shape index (κ3) is 8.21. The van der Waals surface area contributed by atoms with Crippen molar-refractivity contribution in [2.75, 3.05) is 32.2 Å². The summed E-state index contributed by atoms with van der Waals surface area (Å²) in [4.78, 5) is 24.1. The van der Waals surface area contributed by atoms with Crippen LogP contribution in [-0.2, 0) is 38.0 Å². The van der Waals surface area contributed by atoms with Gasteiger partial charge in [0.25, 0.3) is 5.79 Å². The van der Waals surface area contributed by atoms with E-state index in [9.17, 15) is 60.7 Å². The van der Waals surface area contributed by atoms with Crippen molar-refractivity contribution in [1.29, 1.82) is 0 Å². The van der Waals surface area contributed by atoms with E-state index in [0.29, 0.717) is 0 Å². The molecule has 45 heavy (non-hydrogen) atoms. The number of aliphatic hydroxyl groups excluding tert-OH is 8. The van der Waals surface area contributed by atoms with Gasteiger partial charge in [0.15, 0.2) is 12.6 Å². The number of carboxylic acids is 1. The normalized spacial score (nSPS) is 43.8. The predicted octanol–water partition coefficient (Wildman–Crippen LogP) is -7.34. The lowest BCUT2D eigenvalue weighted by atomic mass is 9.89. The Kier molecular flexibility index (Phi) is 13.3. The average Bonchev–Trinajstić information content (AvgIpc) is 2.99. The van der Waals surface area contributed by atoms with Crippen LogP contribution in [0.3, 0.4) is 0 Å². The first-order valence-electron chi connectivity index (χ1n) is 13.9. The van der Waals surface area contributed by atoms with Crippen molar-refractivity contribution in [3.8, 4) is 0 Å². The molecule has 3 aliphatic heterocycles. The van der Waals surface area contributed by atoms with Crippen LogP contribution in [0, 0.1) is 0 Å². The standard InChI is InChI=1S/C24H42N2O18S/c1-8(29)26-13-15(33)17(11(6-28)41-20(13)39-2-3-45)42-21-16(34)19(35)23(38,7-40-21)44-24(22(36)37)4-9(30)12(25)18(43-24)14(32)10(31)5-27/h9-21,27-28,30-35,38,45H,2-7,25H2,1H3,(H,26,29)(H,36,37). The van der Waals surface area contributed by atoms with Crippen LogP contribution >= 0.6 is 12.6 Å². The first-order valence-corrected chi connectivity index (χ1v) is 14.5. The maximum Gasteiger partial charge on any atom is 0.364 e. The van der Waals surface area contributed by atoms with Crippen molar-refractivity contribution < 1.29 is 89.1 Å². The topological polar surface area (TPSA) is 330 Å². The van der Waals surface area contributed by atoms with E-state index in [1.807, 2.05) is 0 Å². The Labute approximate surface area is 261 Å².